The second-order valence-corrected chi connectivity index (χ2v) is 7.51. The molecule has 0 aliphatic carbocycles. The van der Waals surface area contributed by atoms with E-state index in [0.29, 0.717) is 25.0 Å². The first-order valence-electron chi connectivity index (χ1n) is 10.8. The van der Waals surface area contributed by atoms with Crippen LogP contribution in [0.5, 0.6) is 0 Å². The number of amides is 1. The topological polar surface area (TPSA) is 91.5 Å². The van der Waals surface area contributed by atoms with Gasteiger partial charge in [-0.05, 0) is 37.0 Å². The molecule has 1 aromatic heterocycles. The van der Waals surface area contributed by atoms with Crippen molar-refractivity contribution in [3.8, 4) is 0 Å². The van der Waals surface area contributed by atoms with Crippen molar-refractivity contribution in [2.75, 3.05) is 12.4 Å². The lowest BCUT2D eigenvalue weighted by atomic mass is 9.99. The fraction of sp³-hybridized carbons (Fsp3) is 0.522. The molecule has 8 heteroatoms. The maximum absolute atomic E-state index is 12.1. The van der Waals surface area contributed by atoms with Gasteiger partial charge in [0.1, 0.15) is 0 Å². The number of nitrogens with one attached hydrogen (secondary N) is 3. The van der Waals surface area contributed by atoms with E-state index in [2.05, 4.69) is 39.9 Å². The van der Waals surface area contributed by atoms with Gasteiger partial charge in [-0.3, -0.25) is 9.79 Å². The average Bonchev–Trinajstić information content (AvgIpc) is 3.23. The summed E-state index contributed by atoms with van der Waals surface area (Å²) in [5, 5.41) is 13.7. The summed E-state index contributed by atoms with van der Waals surface area (Å²) in [6.07, 6.45) is 2.92. The number of carbonyl (C=O) groups excluding carboxylic acids is 1. The standard InChI is InChI=1S/C23H35N5O2.HI/c1-6-16(4)22(29)27-19-11-9-10-17(12-19)14-25-23(24-5)26-15-20-13-21(28-30-20)18(7-2)8-3;/h9-13,16,18H,6-8,14-15H2,1-5H3,(H,27,29)(H2,24,25,26);1H. The molecule has 31 heavy (non-hydrogen) atoms. The van der Waals surface area contributed by atoms with Gasteiger partial charge in [0, 0.05) is 37.2 Å². The molecular weight excluding hydrogens is 505 g/mol. The summed E-state index contributed by atoms with van der Waals surface area (Å²) in [6, 6.07) is 9.84. The van der Waals surface area contributed by atoms with Gasteiger partial charge >= 0.3 is 0 Å². The molecular formula is C23H36IN5O2. The Hall–Kier alpha value is -2.10. The van der Waals surface area contributed by atoms with E-state index in [0.717, 1.165) is 42.0 Å². The second-order valence-electron chi connectivity index (χ2n) is 7.51. The van der Waals surface area contributed by atoms with Crippen LogP contribution in [0.15, 0.2) is 39.8 Å². The van der Waals surface area contributed by atoms with E-state index < -0.39 is 0 Å². The van der Waals surface area contributed by atoms with Crippen molar-refractivity contribution in [2.24, 2.45) is 10.9 Å². The molecule has 0 fully saturated rings. The molecule has 0 bridgehead atoms. The number of nitrogens with zero attached hydrogens (tertiary/aromatic N) is 2. The van der Waals surface area contributed by atoms with Gasteiger partial charge in [0.15, 0.2) is 11.7 Å². The van der Waals surface area contributed by atoms with Crippen molar-refractivity contribution in [2.45, 2.75) is 66.0 Å². The van der Waals surface area contributed by atoms with E-state index in [-0.39, 0.29) is 35.8 Å². The Kier molecular flexibility index (Phi) is 12.2. The lowest BCUT2D eigenvalue weighted by molar-refractivity contribution is -0.119. The Bertz CT molecular complexity index is 833. The Morgan fingerprint density at radius 1 is 1.10 bits per heavy atom. The average molecular weight is 541 g/mol. The van der Waals surface area contributed by atoms with E-state index in [1.807, 2.05) is 44.2 Å². The van der Waals surface area contributed by atoms with Crippen LogP contribution in [-0.2, 0) is 17.9 Å². The number of aliphatic imine (C=N–C) groups is 1. The van der Waals surface area contributed by atoms with Crippen LogP contribution in [0.3, 0.4) is 0 Å². The Morgan fingerprint density at radius 2 is 1.81 bits per heavy atom. The number of hydrogen-bond acceptors (Lipinski definition) is 4. The highest BCUT2D eigenvalue weighted by atomic mass is 127. The fourth-order valence-electron chi connectivity index (χ4n) is 3.10. The zero-order valence-electron chi connectivity index (χ0n) is 19.2. The largest absolute Gasteiger partial charge is 0.359 e. The molecule has 2 rings (SSSR count). The summed E-state index contributed by atoms with van der Waals surface area (Å²) >= 11 is 0. The highest BCUT2D eigenvalue weighted by Crippen LogP contribution is 2.22. The molecule has 0 saturated carbocycles. The van der Waals surface area contributed by atoms with Crippen molar-refractivity contribution in [1.29, 1.82) is 0 Å². The number of rotatable bonds is 10. The number of aromatic nitrogens is 1. The highest BCUT2D eigenvalue weighted by molar-refractivity contribution is 14.0. The first-order chi connectivity index (χ1) is 14.5. The third-order valence-corrected chi connectivity index (χ3v) is 5.35. The summed E-state index contributed by atoms with van der Waals surface area (Å²) in [6.45, 7) is 9.36. The van der Waals surface area contributed by atoms with Crippen molar-refractivity contribution in [1.82, 2.24) is 15.8 Å². The molecule has 1 heterocycles. The van der Waals surface area contributed by atoms with Crippen LogP contribution in [0.25, 0.3) is 0 Å². The SMILES string of the molecule is CCC(C)C(=O)Nc1cccc(CNC(=NC)NCc2cc(C(CC)CC)no2)c1.I. The van der Waals surface area contributed by atoms with Crippen LogP contribution < -0.4 is 16.0 Å². The normalized spacial score (nSPS) is 12.3. The highest BCUT2D eigenvalue weighted by Gasteiger charge is 2.13. The first-order valence-corrected chi connectivity index (χ1v) is 10.8. The minimum atomic E-state index is -0.00338. The minimum absolute atomic E-state index is 0. The molecule has 0 saturated heterocycles. The molecule has 172 valence electrons. The third kappa shape index (κ3) is 8.51. The van der Waals surface area contributed by atoms with Gasteiger partial charge in [-0.25, -0.2) is 0 Å². The molecule has 1 atom stereocenters. The summed E-state index contributed by atoms with van der Waals surface area (Å²) in [4.78, 5) is 16.4. The molecule has 0 aliphatic heterocycles. The predicted molar refractivity (Wildman–Crippen MR) is 137 cm³/mol. The van der Waals surface area contributed by atoms with Gasteiger partial charge in [0.25, 0.3) is 0 Å². The molecule has 1 aromatic carbocycles. The first kappa shape index (κ1) is 26.9. The summed E-state index contributed by atoms with van der Waals surface area (Å²) in [5.41, 5.74) is 2.87. The van der Waals surface area contributed by atoms with Crippen LogP contribution in [0.2, 0.25) is 0 Å². The minimum Gasteiger partial charge on any atom is -0.359 e. The molecule has 3 N–H and O–H groups in total. The lowest BCUT2D eigenvalue weighted by Gasteiger charge is -2.13. The molecule has 7 nitrogen and oxygen atoms in total. The maximum atomic E-state index is 12.1. The molecule has 1 unspecified atom stereocenters. The molecule has 0 radical (unpaired) electrons. The van der Waals surface area contributed by atoms with Crippen LogP contribution in [0, 0.1) is 5.92 Å². The number of hydrogen-bond donors (Lipinski definition) is 3. The predicted octanol–water partition coefficient (Wildman–Crippen LogP) is 5.05. The number of guanidine groups is 1. The Balaban J connectivity index is 0.00000480. The smallest absolute Gasteiger partial charge is 0.227 e. The van der Waals surface area contributed by atoms with E-state index in [9.17, 15) is 4.79 Å². The van der Waals surface area contributed by atoms with E-state index in [1.54, 1.807) is 7.05 Å². The molecule has 1 amide bonds. The third-order valence-electron chi connectivity index (χ3n) is 5.35. The van der Waals surface area contributed by atoms with Gasteiger partial charge in [-0.15, -0.1) is 24.0 Å². The summed E-state index contributed by atoms with van der Waals surface area (Å²) in [7, 11) is 1.73. The molecule has 2 aromatic rings. The Labute approximate surface area is 202 Å². The van der Waals surface area contributed by atoms with Gasteiger partial charge in [-0.1, -0.05) is 45.0 Å². The summed E-state index contributed by atoms with van der Waals surface area (Å²) < 4.78 is 5.45. The van der Waals surface area contributed by atoms with Crippen molar-refractivity contribution in [3.63, 3.8) is 0 Å². The summed E-state index contributed by atoms with van der Waals surface area (Å²) in [5.74, 6) is 1.93. The Morgan fingerprint density at radius 3 is 2.45 bits per heavy atom. The second kappa shape index (κ2) is 14.1. The van der Waals surface area contributed by atoms with E-state index >= 15 is 0 Å². The van der Waals surface area contributed by atoms with Crippen molar-refractivity contribution < 1.29 is 9.32 Å². The number of carbonyl (C=O) groups is 1. The number of benzene rings is 1. The van der Waals surface area contributed by atoms with Gasteiger partial charge in [0.05, 0.1) is 12.2 Å². The van der Waals surface area contributed by atoms with Crippen LogP contribution in [0.4, 0.5) is 5.69 Å². The zero-order chi connectivity index (χ0) is 21.9. The van der Waals surface area contributed by atoms with E-state index in [1.165, 1.54) is 0 Å². The molecule has 0 aliphatic rings. The fourth-order valence-corrected chi connectivity index (χ4v) is 3.10. The lowest BCUT2D eigenvalue weighted by Crippen LogP contribution is -2.36. The van der Waals surface area contributed by atoms with Crippen LogP contribution in [0.1, 0.15) is 69.9 Å². The van der Waals surface area contributed by atoms with Crippen LogP contribution in [-0.4, -0.2) is 24.1 Å². The number of anilines is 1. The monoisotopic (exact) mass is 541 g/mol. The van der Waals surface area contributed by atoms with Gasteiger partial charge in [-0.2, -0.15) is 0 Å². The van der Waals surface area contributed by atoms with E-state index in [4.69, 9.17) is 4.52 Å². The van der Waals surface area contributed by atoms with Gasteiger partial charge < -0.3 is 20.5 Å². The van der Waals surface area contributed by atoms with Crippen molar-refractivity contribution in [3.05, 3.63) is 47.3 Å². The van der Waals surface area contributed by atoms with Crippen LogP contribution >= 0.6 is 24.0 Å². The quantitative estimate of drug-likeness (QED) is 0.223. The maximum Gasteiger partial charge on any atom is 0.227 e. The molecule has 0 spiro atoms. The zero-order valence-corrected chi connectivity index (χ0v) is 21.5. The van der Waals surface area contributed by atoms with Crippen molar-refractivity contribution >= 4 is 41.5 Å². The van der Waals surface area contributed by atoms with Gasteiger partial charge in [0.2, 0.25) is 5.91 Å². The number of halogens is 1.